The van der Waals surface area contributed by atoms with Crippen LogP contribution in [0.1, 0.15) is 19.4 Å². The maximum Gasteiger partial charge on any atom is 0.341 e. The van der Waals surface area contributed by atoms with Crippen molar-refractivity contribution in [2.45, 2.75) is 25.0 Å². The fraction of sp³-hybridized carbons (Fsp3) is 0.417. The third-order valence-corrected chi connectivity index (χ3v) is 3.30. The van der Waals surface area contributed by atoms with Crippen molar-refractivity contribution in [3.8, 4) is 0 Å². The summed E-state index contributed by atoms with van der Waals surface area (Å²) in [7, 11) is 1.23. The van der Waals surface area contributed by atoms with Crippen molar-refractivity contribution in [1.82, 2.24) is 0 Å². The van der Waals surface area contributed by atoms with Crippen LogP contribution in [-0.4, -0.2) is 18.7 Å². The summed E-state index contributed by atoms with van der Waals surface area (Å²) in [5.74, 6) is -1.99. The number of methoxy groups -OCH3 is 1. The maximum absolute atomic E-state index is 13.6. The van der Waals surface area contributed by atoms with E-state index in [9.17, 15) is 13.6 Å². The minimum absolute atomic E-state index is 0.145. The first-order valence-corrected chi connectivity index (χ1v) is 5.09. The van der Waals surface area contributed by atoms with Gasteiger partial charge in [-0.15, -0.1) is 0 Å². The summed E-state index contributed by atoms with van der Waals surface area (Å²) in [5.41, 5.74) is -2.19. The van der Waals surface area contributed by atoms with E-state index in [2.05, 4.69) is 4.74 Å². The second-order valence-electron chi connectivity index (χ2n) is 4.28. The summed E-state index contributed by atoms with van der Waals surface area (Å²) < 4.78 is 36.3. The topological polar surface area (TPSA) is 38.8 Å². The van der Waals surface area contributed by atoms with Crippen LogP contribution in [0.4, 0.5) is 8.78 Å². The van der Waals surface area contributed by atoms with Crippen molar-refractivity contribution < 1.29 is 23.0 Å². The van der Waals surface area contributed by atoms with Gasteiger partial charge in [0.2, 0.25) is 0 Å². The largest absolute Gasteiger partial charge is 0.467 e. The Bertz CT molecular complexity index is 489. The van der Waals surface area contributed by atoms with E-state index in [0.717, 1.165) is 12.1 Å². The number of carbonyl (C=O) groups excluding carboxylic acids is 1. The number of esters is 1. The first-order valence-electron chi connectivity index (χ1n) is 5.09. The number of hydrogen-bond donors (Lipinski definition) is 0. The summed E-state index contributed by atoms with van der Waals surface area (Å²) in [6.07, 6.45) is 0. The van der Waals surface area contributed by atoms with E-state index in [0.29, 0.717) is 0 Å². The van der Waals surface area contributed by atoms with Gasteiger partial charge in [0.1, 0.15) is 17.2 Å². The molecule has 1 aromatic rings. The lowest BCUT2D eigenvalue weighted by atomic mass is 9.88. The molecule has 5 heteroatoms. The van der Waals surface area contributed by atoms with Crippen LogP contribution in [0.2, 0.25) is 0 Å². The Hall–Kier alpha value is -1.49. The SMILES string of the molecule is COC(=O)C1(C)OC1(C)c1ccc(F)cc1F. The summed E-state index contributed by atoms with van der Waals surface area (Å²) in [6, 6.07) is 3.17. The lowest BCUT2D eigenvalue weighted by Crippen LogP contribution is -2.29. The van der Waals surface area contributed by atoms with Gasteiger partial charge >= 0.3 is 5.97 Å². The average molecular weight is 242 g/mol. The Morgan fingerprint density at radius 3 is 2.53 bits per heavy atom. The molecule has 0 aromatic heterocycles. The molecular formula is C12H12F2O3. The normalized spacial score (nSPS) is 31.1. The van der Waals surface area contributed by atoms with Crippen molar-refractivity contribution >= 4 is 5.97 Å². The molecular weight excluding hydrogens is 230 g/mol. The van der Waals surface area contributed by atoms with Crippen LogP contribution in [0.25, 0.3) is 0 Å². The van der Waals surface area contributed by atoms with Gasteiger partial charge in [-0.2, -0.15) is 0 Å². The van der Waals surface area contributed by atoms with Crippen molar-refractivity contribution in [3.63, 3.8) is 0 Å². The number of ether oxygens (including phenoxy) is 2. The van der Waals surface area contributed by atoms with Crippen LogP contribution in [0.3, 0.4) is 0 Å². The first-order chi connectivity index (χ1) is 7.85. The zero-order valence-corrected chi connectivity index (χ0v) is 9.71. The van der Waals surface area contributed by atoms with Crippen molar-refractivity contribution in [2.24, 2.45) is 0 Å². The van der Waals surface area contributed by atoms with Gasteiger partial charge in [-0.3, -0.25) is 0 Å². The minimum Gasteiger partial charge on any atom is -0.467 e. The molecule has 0 aliphatic carbocycles. The predicted octanol–water partition coefficient (Wildman–Crippen LogP) is 2.14. The van der Waals surface area contributed by atoms with Crippen LogP contribution in [0, 0.1) is 11.6 Å². The molecule has 0 saturated carbocycles. The van der Waals surface area contributed by atoms with Crippen molar-refractivity contribution in [2.75, 3.05) is 7.11 Å². The number of hydrogen-bond acceptors (Lipinski definition) is 3. The van der Waals surface area contributed by atoms with Crippen molar-refractivity contribution in [1.29, 1.82) is 0 Å². The molecule has 2 unspecified atom stereocenters. The average Bonchev–Trinajstić information content (AvgIpc) is 2.82. The highest BCUT2D eigenvalue weighted by molar-refractivity contribution is 5.84. The molecule has 0 spiro atoms. The number of benzene rings is 1. The highest BCUT2D eigenvalue weighted by Gasteiger charge is 2.71. The van der Waals surface area contributed by atoms with Gasteiger partial charge < -0.3 is 9.47 Å². The Balaban J connectivity index is 2.40. The minimum atomic E-state index is -1.22. The van der Waals surface area contributed by atoms with Gasteiger partial charge in [0, 0.05) is 11.6 Å². The van der Waals surface area contributed by atoms with Crippen LogP contribution in [0.15, 0.2) is 18.2 Å². The molecule has 17 heavy (non-hydrogen) atoms. The number of rotatable bonds is 2. The van der Waals surface area contributed by atoms with E-state index >= 15 is 0 Å². The molecule has 1 fully saturated rings. The number of carbonyl (C=O) groups is 1. The van der Waals surface area contributed by atoms with Crippen LogP contribution >= 0.6 is 0 Å². The molecule has 92 valence electrons. The molecule has 0 radical (unpaired) electrons. The molecule has 1 aliphatic heterocycles. The smallest absolute Gasteiger partial charge is 0.341 e. The third-order valence-electron chi connectivity index (χ3n) is 3.30. The second-order valence-corrected chi connectivity index (χ2v) is 4.28. The predicted molar refractivity (Wildman–Crippen MR) is 55.2 cm³/mol. The van der Waals surface area contributed by atoms with Gasteiger partial charge in [-0.05, 0) is 19.9 Å². The number of halogens is 2. The van der Waals surface area contributed by atoms with Gasteiger partial charge in [0.15, 0.2) is 5.60 Å². The van der Waals surface area contributed by atoms with Gasteiger partial charge in [-0.25, -0.2) is 13.6 Å². The molecule has 3 nitrogen and oxygen atoms in total. The highest BCUT2D eigenvalue weighted by Crippen LogP contribution is 2.56. The van der Waals surface area contributed by atoms with E-state index in [1.165, 1.54) is 20.1 Å². The Morgan fingerprint density at radius 2 is 2.00 bits per heavy atom. The molecule has 2 atom stereocenters. The Labute approximate surface area is 97.3 Å². The highest BCUT2D eigenvalue weighted by atomic mass is 19.1. The third kappa shape index (κ3) is 1.53. The summed E-state index contributed by atoms with van der Waals surface area (Å²) in [6.45, 7) is 3.09. The van der Waals surface area contributed by atoms with E-state index in [1.54, 1.807) is 6.92 Å². The monoisotopic (exact) mass is 242 g/mol. The summed E-state index contributed by atoms with van der Waals surface area (Å²) >= 11 is 0. The molecule has 2 rings (SSSR count). The van der Waals surface area contributed by atoms with E-state index in [-0.39, 0.29) is 5.56 Å². The molecule has 0 bridgehead atoms. The lowest BCUT2D eigenvalue weighted by Gasteiger charge is -2.12. The van der Waals surface area contributed by atoms with Crippen LogP contribution in [0.5, 0.6) is 0 Å². The molecule has 1 saturated heterocycles. The van der Waals surface area contributed by atoms with Crippen LogP contribution < -0.4 is 0 Å². The van der Waals surface area contributed by atoms with Gasteiger partial charge in [0.05, 0.1) is 7.11 Å². The molecule has 1 heterocycles. The Kier molecular flexibility index (Phi) is 2.47. The molecule has 0 amide bonds. The summed E-state index contributed by atoms with van der Waals surface area (Å²) in [4.78, 5) is 11.5. The molecule has 1 aliphatic rings. The second kappa shape index (κ2) is 3.50. The molecule has 0 N–H and O–H groups in total. The lowest BCUT2D eigenvalue weighted by molar-refractivity contribution is -0.146. The van der Waals surface area contributed by atoms with Crippen molar-refractivity contribution in [3.05, 3.63) is 35.4 Å². The van der Waals surface area contributed by atoms with Gasteiger partial charge in [-0.1, -0.05) is 6.07 Å². The summed E-state index contributed by atoms with van der Waals surface area (Å²) in [5, 5.41) is 0. The van der Waals surface area contributed by atoms with Gasteiger partial charge in [0.25, 0.3) is 0 Å². The fourth-order valence-electron chi connectivity index (χ4n) is 2.00. The van der Waals surface area contributed by atoms with E-state index in [4.69, 9.17) is 4.74 Å². The Morgan fingerprint density at radius 1 is 1.35 bits per heavy atom. The van der Waals surface area contributed by atoms with Crippen LogP contribution in [-0.2, 0) is 19.9 Å². The maximum atomic E-state index is 13.6. The zero-order valence-electron chi connectivity index (χ0n) is 9.71. The van der Waals surface area contributed by atoms with E-state index < -0.39 is 28.8 Å². The zero-order chi connectivity index (χ0) is 12.8. The number of epoxide rings is 1. The standard InChI is InChI=1S/C12H12F2O3/c1-11(12(2,17-11)10(15)16-3)8-5-4-7(13)6-9(8)14/h4-6H,1-3H3. The first kappa shape index (κ1) is 12.0. The van der Waals surface area contributed by atoms with E-state index in [1.807, 2.05) is 0 Å². The molecule has 1 aromatic carbocycles. The fourth-order valence-corrected chi connectivity index (χ4v) is 2.00. The quantitative estimate of drug-likeness (QED) is 0.589.